The van der Waals surface area contributed by atoms with Gasteiger partial charge in [-0.15, -0.1) is 0 Å². The Bertz CT molecular complexity index is 156. The summed E-state index contributed by atoms with van der Waals surface area (Å²) in [6.07, 6.45) is 3.11. The minimum absolute atomic E-state index is 0.781. The summed E-state index contributed by atoms with van der Waals surface area (Å²) in [5, 5.41) is 0. The van der Waals surface area contributed by atoms with Crippen LogP contribution in [0.1, 0.15) is 20.3 Å². The molecule has 0 aromatic rings. The zero-order valence-corrected chi connectivity index (χ0v) is 10.2. The number of hydrogen-bond donors (Lipinski definition) is 0. The van der Waals surface area contributed by atoms with Gasteiger partial charge < -0.3 is 13.3 Å². The van der Waals surface area contributed by atoms with Crippen LogP contribution in [0.3, 0.4) is 0 Å². The van der Waals surface area contributed by atoms with E-state index in [-0.39, 0.29) is 0 Å². The van der Waals surface area contributed by atoms with Crippen LogP contribution in [0.15, 0.2) is 11.6 Å². The van der Waals surface area contributed by atoms with E-state index >= 15 is 0 Å². The lowest BCUT2D eigenvalue weighted by atomic mass is 10.2. The van der Waals surface area contributed by atoms with Crippen LogP contribution in [0.2, 0.25) is 6.04 Å². The highest BCUT2D eigenvalue weighted by Crippen LogP contribution is 2.20. The van der Waals surface area contributed by atoms with Gasteiger partial charge in [0.1, 0.15) is 0 Å². The quantitative estimate of drug-likeness (QED) is 0.490. The molecule has 0 aliphatic rings. The Morgan fingerprint density at radius 3 is 1.85 bits per heavy atom. The summed E-state index contributed by atoms with van der Waals surface area (Å²) < 4.78 is 16.0. The number of rotatable bonds is 6. The van der Waals surface area contributed by atoms with E-state index in [2.05, 4.69) is 13.0 Å². The molecular formula is C9H20O3Si. The molecule has 0 rings (SSSR count). The zero-order valence-electron chi connectivity index (χ0n) is 9.22. The molecule has 0 fully saturated rings. The third-order valence-electron chi connectivity index (χ3n) is 2.24. The fraction of sp³-hybridized carbons (Fsp3) is 0.778. The highest BCUT2D eigenvalue weighted by Gasteiger charge is 2.38. The topological polar surface area (TPSA) is 27.7 Å². The summed E-state index contributed by atoms with van der Waals surface area (Å²) in [5.74, 6) is 0. The molecule has 0 aromatic heterocycles. The van der Waals surface area contributed by atoms with E-state index in [9.17, 15) is 0 Å². The summed E-state index contributed by atoms with van der Waals surface area (Å²) in [7, 11) is 2.53. The Morgan fingerprint density at radius 1 is 1.15 bits per heavy atom. The van der Waals surface area contributed by atoms with Gasteiger partial charge in [-0.05, 0) is 13.3 Å². The fourth-order valence-corrected chi connectivity index (χ4v) is 3.12. The summed E-state index contributed by atoms with van der Waals surface area (Å²) in [5.41, 5.74) is 1.32. The predicted octanol–water partition coefficient (Wildman–Crippen LogP) is 2.22. The van der Waals surface area contributed by atoms with Crippen LogP contribution in [0.4, 0.5) is 0 Å². The molecule has 3 nitrogen and oxygen atoms in total. The summed E-state index contributed by atoms with van der Waals surface area (Å²) >= 11 is 0. The molecule has 4 heteroatoms. The molecule has 0 aromatic carbocycles. The van der Waals surface area contributed by atoms with Crippen molar-refractivity contribution in [2.75, 3.05) is 21.3 Å². The van der Waals surface area contributed by atoms with Crippen molar-refractivity contribution in [3.63, 3.8) is 0 Å². The molecule has 0 spiro atoms. The van der Waals surface area contributed by atoms with Crippen LogP contribution >= 0.6 is 0 Å². The van der Waals surface area contributed by atoms with Gasteiger partial charge >= 0.3 is 8.80 Å². The van der Waals surface area contributed by atoms with E-state index in [0.717, 1.165) is 12.5 Å². The number of hydrogen-bond acceptors (Lipinski definition) is 3. The standard InChI is InChI=1S/C9H20O3Si/c1-6-9(7-2)8-13(10-3,11-4)12-5/h6H,7-8H2,1-5H3. The molecule has 0 saturated heterocycles. The SMILES string of the molecule is CC=C(CC)C[Si](OC)(OC)OC. The Morgan fingerprint density at radius 2 is 1.62 bits per heavy atom. The van der Waals surface area contributed by atoms with Gasteiger partial charge in [0.05, 0.1) is 0 Å². The summed E-state index contributed by atoms with van der Waals surface area (Å²) in [6.45, 7) is 4.15. The van der Waals surface area contributed by atoms with Crippen LogP contribution < -0.4 is 0 Å². The Hall–Kier alpha value is -0.163. The largest absolute Gasteiger partial charge is 0.504 e. The van der Waals surface area contributed by atoms with Crippen LogP contribution in [0.25, 0.3) is 0 Å². The van der Waals surface area contributed by atoms with E-state index in [1.165, 1.54) is 5.57 Å². The molecule has 0 saturated carbocycles. The molecule has 0 atom stereocenters. The van der Waals surface area contributed by atoms with E-state index in [1.807, 2.05) is 6.92 Å². The van der Waals surface area contributed by atoms with E-state index < -0.39 is 8.80 Å². The molecule has 0 heterocycles. The average Bonchev–Trinajstić information content (AvgIpc) is 2.21. The van der Waals surface area contributed by atoms with E-state index in [0.29, 0.717) is 0 Å². The van der Waals surface area contributed by atoms with Crippen molar-refractivity contribution in [1.29, 1.82) is 0 Å². The summed E-state index contributed by atoms with van der Waals surface area (Å²) in [6, 6.07) is 0.781. The number of allylic oxidation sites excluding steroid dienone is 2. The first-order valence-electron chi connectivity index (χ1n) is 4.47. The van der Waals surface area contributed by atoms with Crippen LogP contribution in [0.5, 0.6) is 0 Å². The molecule has 78 valence electrons. The smallest absolute Gasteiger partial charge is 0.377 e. The maximum Gasteiger partial charge on any atom is 0.504 e. The fourth-order valence-electron chi connectivity index (χ4n) is 1.18. The van der Waals surface area contributed by atoms with Gasteiger partial charge in [0.25, 0.3) is 0 Å². The maximum atomic E-state index is 5.32. The average molecular weight is 204 g/mol. The molecule has 0 radical (unpaired) electrons. The molecular weight excluding hydrogens is 184 g/mol. The van der Waals surface area contributed by atoms with Crippen LogP contribution in [-0.2, 0) is 13.3 Å². The molecule has 0 unspecified atom stereocenters. The van der Waals surface area contributed by atoms with Crippen molar-refractivity contribution < 1.29 is 13.3 Å². The highest BCUT2D eigenvalue weighted by molar-refractivity contribution is 6.61. The second-order valence-electron chi connectivity index (χ2n) is 2.77. The molecule has 0 N–H and O–H groups in total. The Kier molecular flexibility index (Phi) is 6.24. The first kappa shape index (κ1) is 12.8. The normalized spacial score (nSPS) is 13.5. The summed E-state index contributed by atoms with van der Waals surface area (Å²) in [4.78, 5) is 0. The second kappa shape index (κ2) is 6.31. The molecule has 0 aliphatic carbocycles. The first-order chi connectivity index (χ1) is 6.17. The van der Waals surface area contributed by atoms with Gasteiger partial charge in [0, 0.05) is 27.4 Å². The molecule has 0 aliphatic heterocycles. The van der Waals surface area contributed by atoms with Gasteiger partial charge in [-0.3, -0.25) is 0 Å². The van der Waals surface area contributed by atoms with Gasteiger partial charge in [-0.25, -0.2) is 0 Å². The molecule has 0 amide bonds. The minimum Gasteiger partial charge on any atom is -0.377 e. The molecule has 0 bridgehead atoms. The van der Waals surface area contributed by atoms with Gasteiger partial charge in [-0.2, -0.15) is 0 Å². The van der Waals surface area contributed by atoms with Crippen LogP contribution in [0, 0.1) is 0 Å². The lowest BCUT2D eigenvalue weighted by Crippen LogP contribution is -2.43. The highest BCUT2D eigenvalue weighted by atomic mass is 28.4. The van der Waals surface area contributed by atoms with Gasteiger partial charge in [-0.1, -0.05) is 18.6 Å². The lowest BCUT2D eigenvalue weighted by molar-refractivity contribution is 0.126. The Balaban J connectivity index is 4.40. The van der Waals surface area contributed by atoms with E-state index in [1.54, 1.807) is 21.3 Å². The van der Waals surface area contributed by atoms with Crippen molar-refractivity contribution >= 4 is 8.80 Å². The monoisotopic (exact) mass is 204 g/mol. The third kappa shape index (κ3) is 3.60. The van der Waals surface area contributed by atoms with Crippen molar-refractivity contribution in [3.8, 4) is 0 Å². The van der Waals surface area contributed by atoms with Crippen LogP contribution in [-0.4, -0.2) is 30.1 Å². The lowest BCUT2D eigenvalue weighted by Gasteiger charge is -2.25. The van der Waals surface area contributed by atoms with Crippen molar-refractivity contribution in [2.24, 2.45) is 0 Å². The van der Waals surface area contributed by atoms with Crippen molar-refractivity contribution in [3.05, 3.63) is 11.6 Å². The minimum atomic E-state index is -2.39. The first-order valence-corrected chi connectivity index (χ1v) is 6.40. The second-order valence-corrected chi connectivity index (χ2v) is 5.72. The van der Waals surface area contributed by atoms with Crippen molar-refractivity contribution in [1.82, 2.24) is 0 Å². The maximum absolute atomic E-state index is 5.32. The Labute approximate surface area is 82.1 Å². The van der Waals surface area contributed by atoms with E-state index in [4.69, 9.17) is 13.3 Å². The zero-order chi connectivity index (χ0) is 10.3. The molecule has 13 heavy (non-hydrogen) atoms. The van der Waals surface area contributed by atoms with Crippen molar-refractivity contribution in [2.45, 2.75) is 26.3 Å². The van der Waals surface area contributed by atoms with Gasteiger partial charge in [0.15, 0.2) is 0 Å². The third-order valence-corrected chi connectivity index (χ3v) is 4.99. The van der Waals surface area contributed by atoms with Gasteiger partial charge in [0.2, 0.25) is 0 Å². The predicted molar refractivity (Wildman–Crippen MR) is 55.6 cm³/mol.